The molecule has 240 valence electrons. The Bertz CT molecular complexity index is 2750. The molecule has 51 heavy (non-hydrogen) atoms. The first kappa shape index (κ1) is 29.5. The largest absolute Gasteiger partial charge is 0.455 e. The van der Waals surface area contributed by atoms with Crippen LogP contribution in [0.5, 0.6) is 0 Å². The highest BCUT2D eigenvalue weighted by atomic mass is 32.1. The Hall–Kier alpha value is -6.42. The van der Waals surface area contributed by atoms with Crippen LogP contribution in [0.3, 0.4) is 0 Å². The molecule has 0 saturated heterocycles. The van der Waals surface area contributed by atoms with E-state index >= 15 is 0 Å². The minimum Gasteiger partial charge on any atom is -0.455 e. The number of furan rings is 1. The Balaban J connectivity index is 1.07. The molecule has 3 heteroatoms. The zero-order valence-corrected chi connectivity index (χ0v) is 28.5. The van der Waals surface area contributed by atoms with Crippen LogP contribution >= 0.6 is 11.3 Å². The first-order valence-electron chi connectivity index (χ1n) is 17.2. The second kappa shape index (κ2) is 12.2. The van der Waals surface area contributed by atoms with Crippen LogP contribution in [0.15, 0.2) is 192 Å². The first-order chi connectivity index (χ1) is 25.3. The number of para-hydroxylation sites is 2. The number of thiophene rings is 1. The van der Waals surface area contributed by atoms with E-state index in [0.29, 0.717) is 0 Å². The van der Waals surface area contributed by atoms with Gasteiger partial charge >= 0.3 is 0 Å². The molecule has 0 saturated carbocycles. The molecule has 10 rings (SSSR count). The summed E-state index contributed by atoms with van der Waals surface area (Å²) in [6.45, 7) is 0. The molecular formula is C48H31NOS. The fourth-order valence-corrected chi connectivity index (χ4v) is 8.54. The van der Waals surface area contributed by atoms with Crippen molar-refractivity contribution in [2.24, 2.45) is 0 Å². The molecule has 8 aromatic carbocycles. The lowest BCUT2D eigenvalue weighted by molar-refractivity contribution is 0.670. The lowest BCUT2D eigenvalue weighted by Gasteiger charge is -2.26. The zero-order valence-electron chi connectivity index (χ0n) is 27.7. The van der Waals surface area contributed by atoms with Gasteiger partial charge in [-0.15, -0.1) is 11.3 Å². The van der Waals surface area contributed by atoms with Gasteiger partial charge in [-0.1, -0.05) is 140 Å². The number of anilines is 3. The summed E-state index contributed by atoms with van der Waals surface area (Å²) in [5.41, 5.74) is 12.3. The van der Waals surface area contributed by atoms with Gasteiger partial charge in [0.05, 0.1) is 0 Å². The summed E-state index contributed by atoms with van der Waals surface area (Å²) in [4.78, 5) is 2.36. The predicted octanol–water partition coefficient (Wildman–Crippen LogP) is 14.4. The van der Waals surface area contributed by atoms with Gasteiger partial charge in [0.15, 0.2) is 0 Å². The third kappa shape index (κ3) is 5.18. The summed E-state index contributed by atoms with van der Waals surface area (Å²) in [5, 5.41) is 4.84. The fraction of sp³-hybridized carbons (Fsp3) is 0. The van der Waals surface area contributed by atoms with E-state index in [2.05, 4.69) is 181 Å². The zero-order chi connectivity index (χ0) is 33.7. The van der Waals surface area contributed by atoms with Gasteiger partial charge in [0.25, 0.3) is 0 Å². The second-order valence-electron chi connectivity index (χ2n) is 12.9. The molecule has 0 amide bonds. The molecule has 0 spiro atoms. The van der Waals surface area contributed by atoms with Crippen molar-refractivity contribution in [2.75, 3.05) is 4.90 Å². The Labute approximate surface area is 300 Å². The minimum atomic E-state index is 0.921. The minimum absolute atomic E-state index is 0.921. The lowest BCUT2D eigenvalue weighted by atomic mass is 10.0. The van der Waals surface area contributed by atoms with Crippen molar-refractivity contribution in [3.8, 4) is 33.4 Å². The molecule has 0 N–H and O–H groups in total. The van der Waals surface area contributed by atoms with Crippen LogP contribution in [0.1, 0.15) is 0 Å². The van der Waals surface area contributed by atoms with E-state index in [0.717, 1.165) is 50.1 Å². The quantitative estimate of drug-likeness (QED) is 0.175. The summed E-state index contributed by atoms with van der Waals surface area (Å²) in [6, 6.07) is 67.4. The molecule has 0 radical (unpaired) electrons. The Morgan fingerprint density at radius 2 is 0.863 bits per heavy atom. The molecule has 2 nitrogen and oxygen atoms in total. The van der Waals surface area contributed by atoms with Crippen molar-refractivity contribution in [2.45, 2.75) is 0 Å². The van der Waals surface area contributed by atoms with Crippen LogP contribution in [0.25, 0.3) is 75.5 Å². The van der Waals surface area contributed by atoms with E-state index < -0.39 is 0 Å². The van der Waals surface area contributed by atoms with Gasteiger partial charge in [0, 0.05) is 53.6 Å². The Kier molecular flexibility index (Phi) is 7.04. The van der Waals surface area contributed by atoms with Crippen LogP contribution in [-0.4, -0.2) is 0 Å². The number of hydrogen-bond donors (Lipinski definition) is 0. The topological polar surface area (TPSA) is 16.4 Å². The van der Waals surface area contributed by atoms with E-state index in [4.69, 9.17) is 4.42 Å². The standard InChI is InChI=1S/C48H31NOS/c1-3-10-32(11-4-1)34-18-23-37(24-19-34)49(38-25-20-35(21-26-38)33-12-5-2-6-13-33)39-27-29-43-42-28-22-36(30-46(42)51-47(43)31-39)40-15-9-16-44-41-14-7-8-17-45(41)50-48(40)44/h1-31H. The highest BCUT2D eigenvalue weighted by Crippen LogP contribution is 2.43. The van der Waals surface area contributed by atoms with Gasteiger partial charge in [-0.2, -0.15) is 0 Å². The third-order valence-electron chi connectivity index (χ3n) is 9.90. The van der Waals surface area contributed by atoms with Crippen LogP contribution in [-0.2, 0) is 0 Å². The highest BCUT2D eigenvalue weighted by Gasteiger charge is 2.17. The van der Waals surface area contributed by atoms with E-state index in [1.807, 2.05) is 23.5 Å². The summed E-state index contributed by atoms with van der Waals surface area (Å²) >= 11 is 1.85. The number of rotatable bonds is 6. The number of benzene rings is 8. The molecule has 0 bridgehead atoms. The molecule has 10 aromatic rings. The van der Waals surface area contributed by atoms with Gasteiger partial charge in [0.1, 0.15) is 11.2 Å². The van der Waals surface area contributed by atoms with Crippen molar-refractivity contribution in [3.05, 3.63) is 188 Å². The summed E-state index contributed by atoms with van der Waals surface area (Å²) in [6.07, 6.45) is 0. The molecule has 0 aliphatic rings. The average Bonchev–Trinajstić information content (AvgIpc) is 3.77. The van der Waals surface area contributed by atoms with E-state index in [-0.39, 0.29) is 0 Å². The summed E-state index contributed by atoms with van der Waals surface area (Å²) in [7, 11) is 0. The summed E-state index contributed by atoms with van der Waals surface area (Å²) in [5.74, 6) is 0. The third-order valence-corrected chi connectivity index (χ3v) is 11.0. The van der Waals surface area contributed by atoms with Crippen LogP contribution in [0.2, 0.25) is 0 Å². The fourth-order valence-electron chi connectivity index (χ4n) is 7.36. The van der Waals surface area contributed by atoms with Crippen molar-refractivity contribution >= 4 is 70.5 Å². The molecule has 0 fully saturated rings. The van der Waals surface area contributed by atoms with Crippen molar-refractivity contribution < 1.29 is 4.42 Å². The SMILES string of the molecule is c1ccc(-c2ccc(N(c3ccc(-c4ccccc4)cc3)c3ccc4c(c3)sc3cc(-c5cccc6c5oc5ccccc56)ccc34)cc2)cc1. The van der Waals surface area contributed by atoms with Crippen LogP contribution in [0, 0.1) is 0 Å². The maximum Gasteiger partial charge on any atom is 0.143 e. The van der Waals surface area contributed by atoms with Gasteiger partial charge in [-0.3, -0.25) is 0 Å². The maximum absolute atomic E-state index is 6.40. The molecule has 0 aliphatic carbocycles. The molecule has 0 unspecified atom stereocenters. The molecular weight excluding hydrogens is 639 g/mol. The first-order valence-corrected chi connectivity index (χ1v) is 18.1. The molecule has 2 heterocycles. The van der Waals surface area contributed by atoms with Crippen molar-refractivity contribution in [3.63, 3.8) is 0 Å². The van der Waals surface area contributed by atoms with Crippen LogP contribution in [0.4, 0.5) is 17.1 Å². The Morgan fingerprint density at radius 1 is 0.353 bits per heavy atom. The second-order valence-corrected chi connectivity index (χ2v) is 14.0. The van der Waals surface area contributed by atoms with Gasteiger partial charge in [-0.05, 0) is 76.3 Å². The maximum atomic E-state index is 6.40. The number of hydrogen-bond acceptors (Lipinski definition) is 3. The van der Waals surface area contributed by atoms with Gasteiger partial charge in [-0.25, -0.2) is 0 Å². The normalized spacial score (nSPS) is 11.5. The monoisotopic (exact) mass is 669 g/mol. The molecule has 0 aliphatic heterocycles. The summed E-state index contributed by atoms with van der Waals surface area (Å²) < 4.78 is 8.92. The number of fused-ring (bicyclic) bond motifs is 6. The average molecular weight is 670 g/mol. The molecule has 0 atom stereocenters. The van der Waals surface area contributed by atoms with Crippen molar-refractivity contribution in [1.29, 1.82) is 0 Å². The smallest absolute Gasteiger partial charge is 0.143 e. The molecule has 2 aromatic heterocycles. The Morgan fingerprint density at radius 3 is 1.53 bits per heavy atom. The van der Waals surface area contributed by atoms with Gasteiger partial charge < -0.3 is 9.32 Å². The van der Waals surface area contributed by atoms with Crippen molar-refractivity contribution in [1.82, 2.24) is 0 Å². The van der Waals surface area contributed by atoms with E-state index in [1.165, 1.54) is 42.4 Å². The predicted molar refractivity (Wildman–Crippen MR) is 218 cm³/mol. The number of nitrogens with zero attached hydrogens (tertiary/aromatic N) is 1. The van der Waals surface area contributed by atoms with Gasteiger partial charge in [0.2, 0.25) is 0 Å². The van der Waals surface area contributed by atoms with E-state index in [1.54, 1.807) is 0 Å². The van der Waals surface area contributed by atoms with Crippen LogP contribution < -0.4 is 4.90 Å². The van der Waals surface area contributed by atoms with E-state index in [9.17, 15) is 0 Å². The lowest BCUT2D eigenvalue weighted by Crippen LogP contribution is -2.09. The highest BCUT2D eigenvalue weighted by molar-refractivity contribution is 7.25.